The van der Waals surface area contributed by atoms with Gasteiger partial charge in [-0.3, -0.25) is 4.79 Å². The minimum Gasteiger partial charge on any atom is -0.504 e. The summed E-state index contributed by atoms with van der Waals surface area (Å²) < 4.78 is 12.3. The summed E-state index contributed by atoms with van der Waals surface area (Å²) in [6, 6.07) is 3.17. The predicted molar refractivity (Wildman–Crippen MR) is 111 cm³/mol. The normalized spacial score (nSPS) is 17.5. The second-order valence-electron chi connectivity index (χ2n) is 8.10. The van der Waals surface area contributed by atoms with Crippen LogP contribution >= 0.6 is 0 Å². The lowest BCUT2D eigenvalue weighted by Crippen LogP contribution is -2.42. The van der Waals surface area contributed by atoms with Gasteiger partial charge in [-0.05, 0) is 37.0 Å². The number of pyridine rings is 1. The lowest BCUT2D eigenvalue weighted by atomic mass is 9.77. The van der Waals surface area contributed by atoms with Gasteiger partial charge < -0.3 is 29.4 Å². The van der Waals surface area contributed by atoms with E-state index in [4.69, 9.17) is 9.47 Å². The maximum absolute atomic E-state index is 12.5. The van der Waals surface area contributed by atoms with Gasteiger partial charge in [-0.1, -0.05) is 13.8 Å². The van der Waals surface area contributed by atoms with Crippen molar-refractivity contribution >= 4 is 5.97 Å². The van der Waals surface area contributed by atoms with Crippen LogP contribution in [0.3, 0.4) is 0 Å². The van der Waals surface area contributed by atoms with Crippen molar-refractivity contribution in [3.05, 3.63) is 39.7 Å². The maximum atomic E-state index is 12.5. The number of carboxylic acids is 1. The minimum atomic E-state index is -1.40. The number of phenols is 1. The van der Waals surface area contributed by atoms with Gasteiger partial charge >= 0.3 is 5.97 Å². The number of methoxy groups -OCH3 is 1. The van der Waals surface area contributed by atoms with Gasteiger partial charge in [0.05, 0.1) is 12.3 Å². The molecule has 1 aliphatic rings. The van der Waals surface area contributed by atoms with Crippen LogP contribution in [0.4, 0.5) is 0 Å². The average molecular weight is 417 g/mol. The van der Waals surface area contributed by atoms with Crippen LogP contribution in [0.1, 0.15) is 43.1 Å². The second-order valence-corrected chi connectivity index (χ2v) is 8.10. The van der Waals surface area contributed by atoms with Crippen molar-refractivity contribution in [2.24, 2.45) is 5.92 Å². The first kappa shape index (κ1) is 21.7. The van der Waals surface area contributed by atoms with Crippen molar-refractivity contribution in [2.75, 3.05) is 20.3 Å². The number of rotatable bonds is 7. The molecule has 1 atom stereocenters. The summed E-state index contributed by atoms with van der Waals surface area (Å²) >= 11 is 0. The lowest BCUT2D eigenvalue weighted by Gasteiger charge is -2.43. The molecule has 0 aliphatic carbocycles. The van der Waals surface area contributed by atoms with Crippen LogP contribution in [0.2, 0.25) is 0 Å². The largest absolute Gasteiger partial charge is 0.504 e. The molecule has 0 amide bonds. The molecule has 0 saturated carbocycles. The number of hydrogen-bond donors (Lipinski definition) is 3. The summed E-state index contributed by atoms with van der Waals surface area (Å²) in [4.78, 5) is 24.0. The van der Waals surface area contributed by atoms with Gasteiger partial charge in [-0.2, -0.15) is 0 Å². The fourth-order valence-electron chi connectivity index (χ4n) is 3.85. The summed E-state index contributed by atoms with van der Waals surface area (Å²) in [5, 5.41) is 30.5. The first-order valence-electron chi connectivity index (χ1n) is 9.82. The molecule has 2 heterocycles. The van der Waals surface area contributed by atoms with Crippen molar-refractivity contribution in [3.8, 4) is 28.5 Å². The van der Waals surface area contributed by atoms with Crippen molar-refractivity contribution in [3.63, 3.8) is 0 Å². The van der Waals surface area contributed by atoms with Crippen LogP contribution in [0.5, 0.6) is 17.2 Å². The summed E-state index contributed by atoms with van der Waals surface area (Å²) in [6.07, 6.45) is 2.45. The molecule has 0 unspecified atom stereocenters. The van der Waals surface area contributed by atoms with E-state index in [-0.39, 0.29) is 17.4 Å². The lowest BCUT2D eigenvalue weighted by molar-refractivity contribution is 0.0692. The number of aromatic nitrogens is 1. The maximum Gasteiger partial charge on any atom is 0.341 e. The number of phenolic OH excluding ortho intramolecular Hbond substituents is 1. The van der Waals surface area contributed by atoms with Crippen LogP contribution in [-0.4, -0.2) is 46.2 Å². The Hall–Kier alpha value is -3.00. The number of aromatic carboxylic acids is 1. The van der Waals surface area contributed by atoms with Gasteiger partial charge in [0.15, 0.2) is 17.2 Å². The molecule has 2 aromatic rings. The highest BCUT2D eigenvalue weighted by molar-refractivity contribution is 5.89. The Labute approximate surface area is 174 Å². The fraction of sp³-hybridized carbons (Fsp3) is 0.455. The molecule has 0 spiro atoms. The van der Waals surface area contributed by atoms with Crippen LogP contribution in [-0.2, 0) is 16.7 Å². The molecular formula is C22H27NO7. The number of aromatic hydroxyl groups is 2. The smallest absolute Gasteiger partial charge is 0.341 e. The van der Waals surface area contributed by atoms with E-state index in [0.717, 1.165) is 5.56 Å². The quantitative estimate of drug-likeness (QED) is 0.593. The van der Waals surface area contributed by atoms with Gasteiger partial charge in [0.1, 0.15) is 5.56 Å². The highest BCUT2D eigenvalue weighted by atomic mass is 16.5. The van der Waals surface area contributed by atoms with E-state index in [1.807, 2.05) is 20.8 Å². The summed E-state index contributed by atoms with van der Waals surface area (Å²) in [6.45, 7) is 6.84. The number of hydrogen-bond acceptors (Lipinski definition) is 6. The van der Waals surface area contributed by atoms with Gasteiger partial charge in [0.2, 0.25) is 5.43 Å². The third-order valence-electron chi connectivity index (χ3n) is 5.95. The Bertz CT molecular complexity index is 1040. The van der Waals surface area contributed by atoms with Crippen LogP contribution in [0.15, 0.2) is 23.1 Å². The van der Waals surface area contributed by atoms with Gasteiger partial charge in [0, 0.05) is 37.4 Å². The van der Waals surface area contributed by atoms with Gasteiger partial charge in [-0.25, -0.2) is 4.79 Å². The molecule has 8 nitrogen and oxygen atoms in total. The Morgan fingerprint density at radius 1 is 1.27 bits per heavy atom. The van der Waals surface area contributed by atoms with Crippen LogP contribution in [0, 0.1) is 5.92 Å². The Morgan fingerprint density at radius 2 is 1.97 bits per heavy atom. The minimum absolute atomic E-state index is 0.0489. The van der Waals surface area contributed by atoms with Crippen molar-refractivity contribution < 1.29 is 29.6 Å². The molecule has 1 aromatic carbocycles. The molecule has 162 valence electrons. The standard InChI is InChI=1S/C22H27NO7/c1-12(2)22(3)10-13-8-17(30-7-5-6-29-4)16(24)9-14(13)18-20(26)19(25)15(21(27)28)11-23(18)22/h8-9,11-12,24,26H,5-7,10H2,1-4H3,(H,27,28)/t22-/m1/s1. The van der Waals surface area contributed by atoms with Crippen molar-refractivity contribution in [1.29, 1.82) is 0 Å². The number of fused-ring (bicyclic) bond motifs is 3. The number of ether oxygens (including phenoxy) is 2. The number of benzene rings is 1. The zero-order valence-electron chi connectivity index (χ0n) is 17.6. The van der Waals surface area contributed by atoms with E-state index < -0.39 is 28.2 Å². The zero-order chi connectivity index (χ0) is 22.2. The Kier molecular flexibility index (Phi) is 5.81. The molecule has 3 rings (SSSR count). The van der Waals surface area contributed by atoms with Gasteiger partial charge in [-0.15, -0.1) is 0 Å². The summed E-state index contributed by atoms with van der Waals surface area (Å²) in [7, 11) is 1.60. The van der Waals surface area contributed by atoms with Crippen molar-refractivity contribution in [2.45, 2.75) is 39.2 Å². The molecule has 30 heavy (non-hydrogen) atoms. The number of carboxylic acid groups (broad SMARTS) is 1. The fourth-order valence-corrected chi connectivity index (χ4v) is 3.85. The Balaban J connectivity index is 2.21. The van der Waals surface area contributed by atoms with E-state index in [2.05, 4.69) is 0 Å². The molecule has 1 aliphatic heterocycles. The third-order valence-corrected chi connectivity index (χ3v) is 5.95. The zero-order valence-corrected chi connectivity index (χ0v) is 17.6. The van der Waals surface area contributed by atoms with E-state index in [1.54, 1.807) is 17.7 Å². The van der Waals surface area contributed by atoms with Crippen molar-refractivity contribution in [1.82, 2.24) is 4.57 Å². The average Bonchev–Trinajstić information content (AvgIpc) is 2.68. The molecule has 1 aromatic heterocycles. The first-order chi connectivity index (χ1) is 14.1. The van der Waals surface area contributed by atoms with E-state index in [0.29, 0.717) is 37.4 Å². The molecule has 3 N–H and O–H groups in total. The summed E-state index contributed by atoms with van der Waals surface area (Å²) in [5.74, 6) is -1.80. The first-order valence-corrected chi connectivity index (χ1v) is 9.82. The van der Waals surface area contributed by atoms with Crippen LogP contribution in [0.25, 0.3) is 11.3 Å². The van der Waals surface area contributed by atoms with Gasteiger partial charge in [0.25, 0.3) is 0 Å². The topological polar surface area (TPSA) is 118 Å². The molecule has 8 heteroatoms. The molecule has 0 saturated heterocycles. The molecular weight excluding hydrogens is 390 g/mol. The number of carbonyl (C=O) groups is 1. The second kappa shape index (κ2) is 8.02. The van der Waals surface area contributed by atoms with Crippen LogP contribution < -0.4 is 10.2 Å². The van der Waals surface area contributed by atoms with E-state index in [9.17, 15) is 24.9 Å². The number of nitrogens with zero attached hydrogens (tertiary/aromatic N) is 1. The third kappa shape index (κ3) is 3.52. The summed E-state index contributed by atoms with van der Waals surface area (Å²) in [5.41, 5.74) is -0.586. The van der Waals surface area contributed by atoms with E-state index >= 15 is 0 Å². The predicted octanol–water partition coefficient (Wildman–Crippen LogP) is 2.97. The molecule has 0 bridgehead atoms. The molecule has 0 fully saturated rings. The molecule has 0 radical (unpaired) electrons. The monoisotopic (exact) mass is 417 g/mol. The highest BCUT2D eigenvalue weighted by Gasteiger charge is 2.40. The Morgan fingerprint density at radius 3 is 2.57 bits per heavy atom. The highest BCUT2D eigenvalue weighted by Crippen LogP contribution is 2.47. The van der Waals surface area contributed by atoms with E-state index in [1.165, 1.54) is 12.3 Å². The SMILES string of the molecule is COCCCOc1cc2c(cc1O)-c1c(O)c(=O)c(C(=O)O)cn1[C@@](C)(C(C)C)C2.